The molecule has 2 heterocycles. The molecule has 0 radical (unpaired) electrons. The van der Waals surface area contributed by atoms with E-state index in [4.69, 9.17) is 0 Å². The number of unbranched alkanes of at least 4 members (excludes halogenated alkanes) is 2. The Balaban J connectivity index is 1.83. The Bertz CT molecular complexity index is 523. The zero-order valence-electron chi connectivity index (χ0n) is 11.6. The first-order valence-corrected chi connectivity index (χ1v) is 7.72. The maximum Gasteiger partial charge on any atom is 0.265 e. The van der Waals surface area contributed by atoms with Crippen LogP contribution in [0.1, 0.15) is 35.9 Å². The summed E-state index contributed by atoms with van der Waals surface area (Å²) in [5, 5.41) is 7.98. The summed E-state index contributed by atoms with van der Waals surface area (Å²) in [4.78, 5) is 16.8. The molecule has 0 saturated heterocycles. The Morgan fingerprint density at radius 3 is 2.85 bits per heavy atom. The number of carbonyl (C=O) groups is 1. The summed E-state index contributed by atoms with van der Waals surface area (Å²) in [6.45, 7) is 3.12. The van der Waals surface area contributed by atoms with E-state index in [1.54, 1.807) is 12.3 Å². The third-order valence-electron chi connectivity index (χ3n) is 2.85. The van der Waals surface area contributed by atoms with Gasteiger partial charge in [0.25, 0.3) is 5.91 Å². The minimum Gasteiger partial charge on any atom is -0.370 e. The second-order valence-electron chi connectivity index (χ2n) is 4.50. The summed E-state index contributed by atoms with van der Waals surface area (Å²) >= 11 is 1.42. The maximum absolute atomic E-state index is 11.9. The third kappa shape index (κ3) is 4.35. The number of rotatable bonds is 7. The van der Waals surface area contributed by atoms with Crippen LogP contribution in [-0.2, 0) is 0 Å². The van der Waals surface area contributed by atoms with Crippen LogP contribution in [0, 0.1) is 0 Å². The van der Waals surface area contributed by atoms with Crippen molar-refractivity contribution < 1.29 is 4.79 Å². The summed E-state index contributed by atoms with van der Waals surface area (Å²) in [5.74, 6) is 0.751. The van der Waals surface area contributed by atoms with Crippen LogP contribution in [0.25, 0.3) is 0 Å². The zero-order chi connectivity index (χ0) is 14.2. The van der Waals surface area contributed by atoms with E-state index in [1.807, 2.05) is 23.6 Å². The lowest BCUT2D eigenvalue weighted by atomic mass is 10.2. The van der Waals surface area contributed by atoms with Crippen LogP contribution in [0.4, 0.5) is 11.5 Å². The Morgan fingerprint density at radius 1 is 1.30 bits per heavy atom. The molecule has 106 valence electrons. The lowest BCUT2D eigenvalue weighted by Gasteiger charge is -2.07. The number of nitrogens with zero attached hydrogens (tertiary/aromatic N) is 1. The van der Waals surface area contributed by atoms with Crippen molar-refractivity contribution in [3.8, 4) is 0 Å². The van der Waals surface area contributed by atoms with Gasteiger partial charge in [-0.3, -0.25) is 4.79 Å². The van der Waals surface area contributed by atoms with E-state index in [9.17, 15) is 4.79 Å². The molecule has 0 fully saturated rings. The van der Waals surface area contributed by atoms with Crippen molar-refractivity contribution in [2.24, 2.45) is 0 Å². The van der Waals surface area contributed by atoms with Gasteiger partial charge in [-0.05, 0) is 30.0 Å². The van der Waals surface area contributed by atoms with Crippen molar-refractivity contribution in [2.45, 2.75) is 26.2 Å². The first kappa shape index (κ1) is 14.5. The van der Waals surface area contributed by atoms with Crippen molar-refractivity contribution in [3.63, 3.8) is 0 Å². The normalized spacial score (nSPS) is 10.2. The van der Waals surface area contributed by atoms with Gasteiger partial charge in [-0.1, -0.05) is 25.8 Å². The minimum absolute atomic E-state index is 0.0922. The van der Waals surface area contributed by atoms with Gasteiger partial charge >= 0.3 is 0 Å². The van der Waals surface area contributed by atoms with Gasteiger partial charge in [0.2, 0.25) is 0 Å². The number of aromatic nitrogens is 1. The molecule has 0 saturated carbocycles. The highest BCUT2D eigenvalue weighted by atomic mass is 32.1. The highest BCUT2D eigenvalue weighted by molar-refractivity contribution is 7.12. The topological polar surface area (TPSA) is 54.0 Å². The van der Waals surface area contributed by atoms with Crippen molar-refractivity contribution in [1.29, 1.82) is 0 Å². The SMILES string of the molecule is CCCCCNc1ccc(NC(=O)c2cccs2)cn1. The van der Waals surface area contributed by atoms with Crippen molar-refractivity contribution >= 4 is 28.7 Å². The Kier molecular flexibility index (Phi) is 5.55. The lowest BCUT2D eigenvalue weighted by molar-refractivity contribution is 0.103. The summed E-state index contributed by atoms with van der Waals surface area (Å²) in [6.07, 6.45) is 5.26. The molecule has 0 aliphatic carbocycles. The zero-order valence-corrected chi connectivity index (χ0v) is 12.4. The second kappa shape index (κ2) is 7.65. The number of nitrogens with one attached hydrogen (secondary N) is 2. The lowest BCUT2D eigenvalue weighted by Crippen LogP contribution is -2.10. The Hall–Kier alpha value is -1.88. The highest BCUT2D eigenvalue weighted by Crippen LogP contribution is 2.14. The van der Waals surface area contributed by atoms with Crippen LogP contribution >= 0.6 is 11.3 Å². The van der Waals surface area contributed by atoms with Crippen LogP contribution in [0.2, 0.25) is 0 Å². The molecular weight excluding hydrogens is 270 g/mol. The molecule has 0 aliphatic rings. The smallest absolute Gasteiger partial charge is 0.265 e. The second-order valence-corrected chi connectivity index (χ2v) is 5.45. The highest BCUT2D eigenvalue weighted by Gasteiger charge is 2.06. The molecule has 0 aromatic carbocycles. The summed E-state index contributed by atoms with van der Waals surface area (Å²) < 4.78 is 0. The number of thiophene rings is 1. The van der Waals surface area contributed by atoms with Crippen molar-refractivity contribution in [2.75, 3.05) is 17.2 Å². The number of pyridine rings is 1. The summed E-state index contributed by atoms with van der Waals surface area (Å²) in [5.41, 5.74) is 0.711. The number of amides is 1. The van der Waals surface area contributed by atoms with Crippen LogP contribution in [0.3, 0.4) is 0 Å². The summed E-state index contributed by atoms with van der Waals surface area (Å²) in [7, 11) is 0. The maximum atomic E-state index is 11.9. The average Bonchev–Trinajstić information content (AvgIpc) is 3.00. The molecule has 4 nitrogen and oxygen atoms in total. The van der Waals surface area contributed by atoms with Crippen LogP contribution in [-0.4, -0.2) is 17.4 Å². The van der Waals surface area contributed by atoms with Crippen molar-refractivity contribution in [1.82, 2.24) is 4.98 Å². The van der Waals surface area contributed by atoms with Gasteiger partial charge in [-0.25, -0.2) is 4.98 Å². The van der Waals surface area contributed by atoms with Crippen molar-refractivity contribution in [3.05, 3.63) is 40.7 Å². The molecule has 20 heavy (non-hydrogen) atoms. The first-order valence-electron chi connectivity index (χ1n) is 6.84. The fraction of sp³-hybridized carbons (Fsp3) is 0.333. The van der Waals surface area contributed by atoms with Gasteiger partial charge in [-0.15, -0.1) is 11.3 Å². The quantitative estimate of drug-likeness (QED) is 0.758. The molecule has 5 heteroatoms. The van der Waals surface area contributed by atoms with Crippen LogP contribution < -0.4 is 10.6 Å². The van der Waals surface area contributed by atoms with E-state index in [1.165, 1.54) is 24.2 Å². The van der Waals surface area contributed by atoms with E-state index in [0.717, 1.165) is 18.8 Å². The van der Waals surface area contributed by atoms with Gasteiger partial charge in [0, 0.05) is 6.54 Å². The Morgan fingerprint density at radius 2 is 2.20 bits per heavy atom. The predicted octanol–water partition coefficient (Wildman–Crippen LogP) is 4.00. The standard InChI is InChI=1S/C15H19N3OS/c1-2-3-4-9-16-14-8-7-12(11-17-14)18-15(19)13-6-5-10-20-13/h5-8,10-11H,2-4,9H2,1H3,(H,16,17)(H,18,19). The number of hydrogen-bond acceptors (Lipinski definition) is 4. The molecule has 2 aromatic heterocycles. The van der Waals surface area contributed by atoms with Gasteiger partial charge in [-0.2, -0.15) is 0 Å². The monoisotopic (exact) mass is 289 g/mol. The summed E-state index contributed by atoms with van der Waals surface area (Å²) in [6, 6.07) is 7.41. The molecule has 0 unspecified atom stereocenters. The van der Waals surface area contributed by atoms with E-state index in [0.29, 0.717) is 10.6 Å². The molecule has 2 aromatic rings. The number of anilines is 2. The molecular formula is C15H19N3OS. The number of hydrogen-bond donors (Lipinski definition) is 2. The van der Waals surface area contributed by atoms with E-state index < -0.39 is 0 Å². The van der Waals surface area contributed by atoms with E-state index in [-0.39, 0.29) is 5.91 Å². The van der Waals surface area contributed by atoms with E-state index in [2.05, 4.69) is 22.5 Å². The molecule has 0 atom stereocenters. The average molecular weight is 289 g/mol. The largest absolute Gasteiger partial charge is 0.370 e. The molecule has 0 bridgehead atoms. The fourth-order valence-corrected chi connectivity index (χ4v) is 2.38. The van der Waals surface area contributed by atoms with Crippen LogP contribution in [0.15, 0.2) is 35.8 Å². The number of carbonyl (C=O) groups excluding carboxylic acids is 1. The van der Waals surface area contributed by atoms with Gasteiger partial charge in [0.15, 0.2) is 0 Å². The molecule has 2 rings (SSSR count). The molecule has 0 aliphatic heterocycles. The van der Waals surface area contributed by atoms with Crippen LogP contribution in [0.5, 0.6) is 0 Å². The molecule has 0 spiro atoms. The van der Waals surface area contributed by atoms with E-state index >= 15 is 0 Å². The predicted molar refractivity (Wildman–Crippen MR) is 84.5 cm³/mol. The molecule has 2 N–H and O–H groups in total. The Labute approximate surface area is 123 Å². The van der Waals surface area contributed by atoms with Gasteiger partial charge in [0.05, 0.1) is 16.8 Å². The van der Waals surface area contributed by atoms with Gasteiger partial charge < -0.3 is 10.6 Å². The fourth-order valence-electron chi connectivity index (χ4n) is 1.76. The first-order chi connectivity index (χ1) is 9.79. The minimum atomic E-state index is -0.0922. The van der Waals surface area contributed by atoms with Gasteiger partial charge in [0.1, 0.15) is 5.82 Å². The third-order valence-corrected chi connectivity index (χ3v) is 3.72. The molecule has 1 amide bonds.